The van der Waals surface area contributed by atoms with Crippen molar-refractivity contribution >= 4 is 50.6 Å². The van der Waals surface area contributed by atoms with Gasteiger partial charge in [-0.2, -0.15) is 15.8 Å². The second-order valence-corrected chi connectivity index (χ2v) is 5.44. The van der Waals surface area contributed by atoms with Crippen LogP contribution in [0.4, 0.5) is 0 Å². The summed E-state index contributed by atoms with van der Waals surface area (Å²) in [6, 6.07) is 0. The summed E-state index contributed by atoms with van der Waals surface area (Å²) in [5.41, 5.74) is -2.39. The molecule has 0 radical (unpaired) electrons. The molecule has 0 spiro atoms. The Morgan fingerprint density at radius 1 is 0.895 bits per heavy atom. The second-order valence-electron chi connectivity index (χ2n) is 3.00. The van der Waals surface area contributed by atoms with Crippen molar-refractivity contribution in [3.63, 3.8) is 0 Å². The Bertz CT molecular complexity index is 484. The SMILES string of the molecule is N#CSC(=O)CC(O)(CC(=O)SC#N)C(=O)SC#N. The molecule has 1 N–H and O–H groups in total. The van der Waals surface area contributed by atoms with Crippen molar-refractivity contribution in [2.75, 3.05) is 0 Å². The Labute approximate surface area is 120 Å². The van der Waals surface area contributed by atoms with Crippen LogP contribution >= 0.6 is 35.3 Å². The molecule has 0 aliphatic carbocycles. The molecule has 0 saturated heterocycles. The van der Waals surface area contributed by atoms with Crippen LogP contribution in [0.5, 0.6) is 0 Å². The summed E-state index contributed by atoms with van der Waals surface area (Å²) < 4.78 is 0. The van der Waals surface area contributed by atoms with Gasteiger partial charge >= 0.3 is 0 Å². The first-order chi connectivity index (χ1) is 8.89. The Morgan fingerprint density at radius 3 is 1.58 bits per heavy atom. The number of rotatable bonds is 5. The number of carbonyl (C=O) groups excluding carboxylic acids is 3. The predicted octanol–water partition coefficient (Wildman–Crippen LogP) is 0.720. The van der Waals surface area contributed by atoms with E-state index in [1.165, 1.54) is 16.2 Å². The minimum absolute atomic E-state index is 0.0862. The summed E-state index contributed by atoms with van der Waals surface area (Å²) in [6.07, 6.45) is -1.56. The highest BCUT2D eigenvalue weighted by Gasteiger charge is 2.41. The van der Waals surface area contributed by atoms with E-state index in [4.69, 9.17) is 15.8 Å². The Hall–Kier alpha value is -1.51. The van der Waals surface area contributed by atoms with Crippen molar-refractivity contribution in [1.29, 1.82) is 15.8 Å². The highest BCUT2D eigenvalue weighted by Crippen LogP contribution is 2.27. The maximum Gasteiger partial charge on any atom is 0.235 e. The van der Waals surface area contributed by atoms with Crippen LogP contribution in [0.15, 0.2) is 0 Å². The van der Waals surface area contributed by atoms with E-state index in [2.05, 4.69) is 0 Å². The molecular weight excluding hydrogens is 310 g/mol. The van der Waals surface area contributed by atoms with Crippen LogP contribution < -0.4 is 0 Å². The van der Waals surface area contributed by atoms with E-state index < -0.39 is 33.8 Å². The average molecular weight is 315 g/mol. The largest absolute Gasteiger partial charge is 0.380 e. The van der Waals surface area contributed by atoms with Gasteiger partial charge in [0, 0.05) is 35.3 Å². The molecule has 0 atom stereocenters. The molecule has 0 aromatic heterocycles. The van der Waals surface area contributed by atoms with Crippen molar-refractivity contribution in [2.45, 2.75) is 18.4 Å². The summed E-state index contributed by atoms with van der Waals surface area (Å²) >= 11 is 0.513. The third-order valence-corrected chi connectivity index (χ3v) is 3.29. The Morgan fingerprint density at radius 2 is 1.26 bits per heavy atom. The first kappa shape index (κ1) is 17.5. The van der Waals surface area contributed by atoms with Crippen molar-refractivity contribution in [3.05, 3.63) is 0 Å². The molecule has 0 fully saturated rings. The molecule has 0 amide bonds. The normalized spacial score (nSPS) is 9.79. The molecular formula is C9H5N3O4S3. The molecule has 0 aliphatic heterocycles. The number of hydrogen-bond donors (Lipinski definition) is 1. The maximum atomic E-state index is 11.5. The van der Waals surface area contributed by atoms with Gasteiger partial charge in [0.25, 0.3) is 0 Å². The molecule has 10 heteroatoms. The number of thiocyanates is 3. The zero-order valence-electron chi connectivity index (χ0n) is 9.15. The van der Waals surface area contributed by atoms with Gasteiger partial charge in [-0.25, -0.2) is 0 Å². The number of aliphatic hydroxyl groups is 1. The molecule has 0 rings (SSSR count). The monoisotopic (exact) mass is 315 g/mol. The smallest absolute Gasteiger partial charge is 0.235 e. The topological polar surface area (TPSA) is 143 Å². The number of nitrogens with zero attached hydrogens (tertiary/aromatic N) is 3. The van der Waals surface area contributed by atoms with Crippen molar-refractivity contribution < 1.29 is 19.5 Å². The molecule has 0 heterocycles. The standard InChI is InChI=1S/C9H5N3O4S3/c10-3-17-6(13)1-9(16,8(15)19-5-12)2-7(14)18-4-11/h16H,1-2H2. The number of hydrogen-bond acceptors (Lipinski definition) is 10. The number of nitriles is 3. The van der Waals surface area contributed by atoms with Gasteiger partial charge in [-0.15, -0.1) is 0 Å². The van der Waals surface area contributed by atoms with Crippen molar-refractivity contribution in [2.24, 2.45) is 0 Å². The van der Waals surface area contributed by atoms with Gasteiger partial charge in [0.1, 0.15) is 21.8 Å². The van der Waals surface area contributed by atoms with E-state index in [-0.39, 0.29) is 35.3 Å². The molecule has 98 valence electrons. The highest BCUT2D eigenvalue weighted by atomic mass is 32.2. The fourth-order valence-electron chi connectivity index (χ4n) is 0.995. The Kier molecular flexibility index (Phi) is 7.89. The average Bonchev–Trinajstić information content (AvgIpc) is 2.29. The third-order valence-electron chi connectivity index (χ3n) is 1.71. The fourth-order valence-corrected chi connectivity index (χ4v) is 2.24. The zero-order valence-corrected chi connectivity index (χ0v) is 11.6. The van der Waals surface area contributed by atoms with Crippen LogP contribution in [0.2, 0.25) is 0 Å². The first-order valence-corrected chi connectivity index (χ1v) is 6.85. The van der Waals surface area contributed by atoms with E-state index >= 15 is 0 Å². The van der Waals surface area contributed by atoms with Crippen LogP contribution in [-0.4, -0.2) is 26.1 Å². The fraction of sp³-hybridized carbons (Fsp3) is 0.333. The van der Waals surface area contributed by atoms with Crippen LogP contribution in [0.25, 0.3) is 0 Å². The predicted molar refractivity (Wildman–Crippen MR) is 68.8 cm³/mol. The van der Waals surface area contributed by atoms with Gasteiger partial charge in [0.05, 0.1) is 12.8 Å². The van der Waals surface area contributed by atoms with Crippen LogP contribution in [0, 0.1) is 32.0 Å². The molecule has 0 unspecified atom stereocenters. The lowest BCUT2D eigenvalue weighted by Crippen LogP contribution is -2.40. The molecule has 0 aliphatic rings. The quantitative estimate of drug-likeness (QED) is 0.720. The highest BCUT2D eigenvalue weighted by molar-refractivity contribution is 8.18. The van der Waals surface area contributed by atoms with Gasteiger partial charge in [-0.05, 0) is 0 Å². The summed E-state index contributed by atoms with van der Waals surface area (Å²) in [5, 5.41) is 36.6. The van der Waals surface area contributed by atoms with Gasteiger partial charge in [-0.1, -0.05) is 0 Å². The minimum atomic E-state index is -2.39. The molecule has 19 heavy (non-hydrogen) atoms. The number of thioether (sulfide) groups is 3. The van der Waals surface area contributed by atoms with E-state index in [9.17, 15) is 19.5 Å². The summed E-state index contributed by atoms with van der Waals surface area (Å²) in [5.74, 6) is 0. The van der Waals surface area contributed by atoms with Gasteiger partial charge in [-0.3, -0.25) is 14.4 Å². The first-order valence-electron chi connectivity index (χ1n) is 4.40. The van der Waals surface area contributed by atoms with Gasteiger partial charge in [0.2, 0.25) is 15.3 Å². The van der Waals surface area contributed by atoms with Crippen molar-refractivity contribution in [1.82, 2.24) is 0 Å². The lowest BCUT2D eigenvalue weighted by molar-refractivity contribution is -0.136. The molecule has 0 bridgehead atoms. The summed E-state index contributed by atoms with van der Waals surface area (Å²) in [4.78, 5) is 34.1. The lowest BCUT2D eigenvalue weighted by Gasteiger charge is -2.22. The summed E-state index contributed by atoms with van der Waals surface area (Å²) in [6.45, 7) is 0. The zero-order chi connectivity index (χ0) is 14.9. The summed E-state index contributed by atoms with van der Waals surface area (Å²) in [7, 11) is 0. The van der Waals surface area contributed by atoms with E-state index in [1.54, 1.807) is 0 Å². The third kappa shape index (κ3) is 6.27. The maximum absolute atomic E-state index is 11.5. The van der Waals surface area contributed by atoms with E-state index in [0.29, 0.717) is 0 Å². The minimum Gasteiger partial charge on any atom is -0.380 e. The van der Waals surface area contributed by atoms with Crippen LogP contribution in [0.1, 0.15) is 12.8 Å². The molecule has 7 nitrogen and oxygen atoms in total. The van der Waals surface area contributed by atoms with Crippen LogP contribution in [0.3, 0.4) is 0 Å². The van der Waals surface area contributed by atoms with E-state index in [0.717, 1.165) is 0 Å². The van der Waals surface area contributed by atoms with Gasteiger partial charge in [0.15, 0.2) is 0 Å². The van der Waals surface area contributed by atoms with Crippen molar-refractivity contribution in [3.8, 4) is 16.2 Å². The lowest BCUT2D eigenvalue weighted by atomic mass is 9.99. The molecule has 0 saturated carbocycles. The molecule has 0 aromatic rings. The number of carbonyl (C=O) groups is 3. The van der Waals surface area contributed by atoms with E-state index in [1.807, 2.05) is 0 Å². The Balaban J connectivity index is 5.04. The molecule has 0 aromatic carbocycles. The van der Waals surface area contributed by atoms with Crippen LogP contribution in [-0.2, 0) is 14.4 Å². The second kappa shape index (κ2) is 8.57. The van der Waals surface area contributed by atoms with Gasteiger partial charge < -0.3 is 5.11 Å².